The van der Waals surface area contributed by atoms with Crippen molar-refractivity contribution in [3.63, 3.8) is 0 Å². The average Bonchev–Trinajstić information content (AvgIpc) is 2.72. The fraction of sp³-hybridized carbons (Fsp3) is 0.409. The molecule has 0 spiro atoms. The highest BCUT2D eigenvalue weighted by Crippen LogP contribution is 2.26. The third-order valence-electron chi connectivity index (χ3n) is 4.43. The van der Waals surface area contributed by atoms with E-state index >= 15 is 0 Å². The van der Waals surface area contributed by atoms with Crippen LogP contribution in [0.1, 0.15) is 43.4 Å². The SMILES string of the molecule is CCNC(=NCC(C)c1ccccc1OC)NCCC(O)c1ccccc1. The Morgan fingerprint density at radius 2 is 1.78 bits per heavy atom. The number of nitrogens with one attached hydrogen (secondary N) is 2. The van der Waals surface area contributed by atoms with Crippen LogP contribution in [0.15, 0.2) is 59.6 Å². The summed E-state index contributed by atoms with van der Waals surface area (Å²) in [5.74, 6) is 1.90. The lowest BCUT2D eigenvalue weighted by Gasteiger charge is -2.16. The van der Waals surface area contributed by atoms with Gasteiger partial charge in [-0.05, 0) is 30.5 Å². The molecule has 0 aliphatic rings. The van der Waals surface area contributed by atoms with Crippen molar-refractivity contribution in [2.75, 3.05) is 26.7 Å². The van der Waals surface area contributed by atoms with Gasteiger partial charge in [0.1, 0.15) is 5.75 Å². The van der Waals surface area contributed by atoms with Crippen LogP contribution in [0.5, 0.6) is 5.75 Å². The number of aliphatic hydroxyl groups excluding tert-OH is 1. The summed E-state index contributed by atoms with van der Waals surface area (Å²) in [5, 5.41) is 16.8. The molecule has 5 heteroatoms. The Morgan fingerprint density at radius 3 is 2.48 bits per heavy atom. The smallest absolute Gasteiger partial charge is 0.191 e. The molecule has 0 aromatic heterocycles. The molecule has 27 heavy (non-hydrogen) atoms. The number of methoxy groups -OCH3 is 1. The van der Waals surface area contributed by atoms with Gasteiger partial charge in [0.25, 0.3) is 0 Å². The van der Waals surface area contributed by atoms with Crippen LogP contribution in [-0.4, -0.2) is 37.8 Å². The molecule has 0 fully saturated rings. The van der Waals surface area contributed by atoms with E-state index in [4.69, 9.17) is 9.73 Å². The molecule has 0 saturated carbocycles. The van der Waals surface area contributed by atoms with Crippen molar-refractivity contribution >= 4 is 5.96 Å². The number of hydrogen-bond acceptors (Lipinski definition) is 3. The largest absolute Gasteiger partial charge is 0.496 e. The third-order valence-corrected chi connectivity index (χ3v) is 4.43. The van der Waals surface area contributed by atoms with Crippen LogP contribution in [0.4, 0.5) is 0 Å². The molecular formula is C22H31N3O2. The Morgan fingerprint density at radius 1 is 1.07 bits per heavy atom. The van der Waals surface area contributed by atoms with Gasteiger partial charge in [-0.15, -0.1) is 0 Å². The first-order chi connectivity index (χ1) is 13.2. The van der Waals surface area contributed by atoms with Gasteiger partial charge in [-0.25, -0.2) is 0 Å². The maximum atomic E-state index is 10.3. The minimum absolute atomic E-state index is 0.242. The van der Waals surface area contributed by atoms with Crippen LogP contribution >= 0.6 is 0 Å². The van der Waals surface area contributed by atoms with Gasteiger partial charge in [-0.2, -0.15) is 0 Å². The number of ether oxygens (including phenoxy) is 1. The minimum atomic E-state index is -0.478. The second-order valence-corrected chi connectivity index (χ2v) is 6.50. The van der Waals surface area contributed by atoms with E-state index in [0.717, 1.165) is 29.4 Å². The van der Waals surface area contributed by atoms with Crippen molar-refractivity contribution in [2.45, 2.75) is 32.3 Å². The van der Waals surface area contributed by atoms with Crippen molar-refractivity contribution in [1.29, 1.82) is 0 Å². The van der Waals surface area contributed by atoms with Crippen molar-refractivity contribution in [3.8, 4) is 5.75 Å². The van der Waals surface area contributed by atoms with E-state index in [1.807, 2.05) is 55.5 Å². The molecule has 2 unspecified atom stereocenters. The summed E-state index contributed by atoms with van der Waals surface area (Å²) in [4.78, 5) is 4.69. The van der Waals surface area contributed by atoms with Gasteiger partial charge in [0.2, 0.25) is 0 Å². The molecule has 0 radical (unpaired) electrons. The van der Waals surface area contributed by atoms with E-state index in [-0.39, 0.29) is 5.92 Å². The highest BCUT2D eigenvalue weighted by molar-refractivity contribution is 5.79. The van der Waals surface area contributed by atoms with E-state index in [0.29, 0.717) is 19.5 Å². The topological polar surface area (TPSA) is 65.9 Å². The normalized spacial score (nSPS) is 13.7. The summed E-state index contributed by atoms with van der Waals surface area (Å²) >= 11 is 0. The molecule has 0 amide bonds. The van der Waals surface area contributed by atoms with Crippen molar-refractivity contribution in [3.05, 3.63) is 65.7 Å². The van der Waals surface area contributed by atoms with Crippen LogP contribution in [0.3, 0.4) is 0 Å². The number of nitrogens with zero attached hydrogens (tertiary/aromatic N) is 1. The molecule has 0 bridgehead atoms. The van der Waals surface area contributed by atoms with Gasteiger partial charge in [-0.1, -0.05) is 55.5 Å². The first kappa shape index (κ1) is 20.8. The maximum absolute atomic E-state index is 10.3. The molecule has 0 aliphatic heterocycles. The predicted molar refractivity (Wildman–Crippen MR) is 111 cm³/mol. The van der Waals surface area contributed by atoms with Gasteiger partial charge >= 0.3 is 0 Å². The lowest BCUT2D eigenvalue weighted by Crippen LogP contribution is -2.38. The van der Waals surface area contributed by atoms with Crippen LogP contribution in [0, 0.1) is 0 Å². The zero-order valence-corrected chi connectivity index (χ0v) is 16.5. The Labute approximate surface area is 162 Å². The summed E-state index contributed by atoms with van der Waals surface area (Å²) in [6, 6.07) is 17.8. The Balaban J connectivity index is 1.89. The number of rotatable bonds is 9. The van der Waals surface area contributed by atoms with Crippen LogP contribution < -0.4 is 15.4 Å². The fourth-order valence-corrected chi connectivity index (χ4v) is 2.91. The molecule has 3 N–H and O–H groups in total. The van der Waals surface area contributed by atoms with Crippen LogP contribution in [-0.2, 0) is 0 Å². The molecule has 5 nitrogen and oxygen atoms in total. The van der Waals surface area contributed by atoms with Crippen molar-refractivity contribution in [2.24, 2.45) is 4.99 Å². The van der Waals surface area contributed by atoms with E-state index in [2.05, 4.69) is 23.6 Å². The summed E-state index contributed by atoms with van der Waals surface area (Å²) in [5.41, 5.74) is 2.09. The molecular weight excluding hydrogens is 338 g/mol. The second kappa shape index (κ2) is 11.2. The molecule has 2 rings (SSSR count). The van der Waals surface area contributed by atoms with Crippen LogP contribution in [0.2, 0.25) is 0 Å². The van der Waals surface area contributed by atoms with E-state index < -0.39 is 6.10 Å². The fourth-order valence-electron chi connectivity index (χ4n) is 2.91. The number of aliphatic hydroxyl groups is 1. The van der Waals surface area contributed by atoms with Crippen molar-refractivity contribution in [1.82, 2.24) is 10.6 Å². The van der Waals surface area contributed by atoms with Crippen LogP contribution in [0.25, 0.3) is 0 Å². The Bertz CT molecular complexity index is 704. The van der Waals surface area contributed by atoms with E-state index in [1.54, 1.807) is 7.11 Å². The second-order valence-electron chi connectivity index (χ2n) is 6.50. The Kier molecular flexibility index (Phi) is 8.65. The number of aliphatic imine (C=N–C) groups is 1. The first-order valence-corrected chi connectivity index (χ1v) is 9.53. The first-order valence-electron chi connectivity index (χ1n) is 9.53. The molecule has 2 atom stereocenters. The quantitative estimate of drug-likeness (QED) is 0.468. The highest BCUT2D eigenvalue weighted by atomic mass is 16.5. The molecule has 2 aromatic carbocycles. The molecule has 0 aliphatic carbocycles. The zero-order chi connectivity index (χ0) is 19.5. The highest BCUT2D eigenvalue weighted by Gasteiger charge is 2.11. The number of guanidine groups is 1. The van der Waals surface area contributed by atoms with Gasteiger partial charge in [0.05, 0.1) is 13.2 Å². The molecule has 0 saturated heterocycles. The monoisotopic (exact) mass is 369 g/mol. The number of para-hydroxylation sites is 1. The van der Waals surface area contributed by atoms with E-state index in [9.17, 15) is 5.11 Å². The molecule has 146 valence electrons. The summed E-state index contributed by atoms with van der Waals surface area (Å²) < 4.78 is 5.45. The van der Waals surface area contributed by atoms with E-state index in [1.165, 1.54) is 0 Å². The lowest BCUT2D eigenvalue weighted by molar-refractivity contribution is 0.168. The van der Waals surface area contributed by atoms with Gasteiger partial charge in [-0.3, -0.25) is 4.99 Å². The predicted octanol–water partition coefficient (Wildman–Crippen LogP) is 3.48. The standard InChI is InChI=1S/C22H31N3O2/c1-4-23-22(24-15-14-20(26)18-10-6-5-7-11-18)25-16-17(2)19-12-8-9-13-21(19)27-3/h5-13,17,20,26H,4,14-16H2,1-3H3,(H2,23,24,25). The van der Waals surface area contributed by atoms with Gasteiger partial charge in [0.15, 0.2) is 5.96 Å². The summed E-state index contributed by atoms with van der Waals surface area (Å²) in [6.07, 6.45) is 0.144. The third kappa shape index (κ3) is 6.61. The lowest BCUT2D eigenvalue weighted by atomic mass is 10.0. The Hall–Kier alpha value is -2.53. The summed E-state index contributed by atoms with van der Waals surface area (Å²) in [6.45, 7) is 6.27. The zero-order valence-electron chi connectivity index (χ0n) is 16.5. The number of hydrogen-bond donors (Lipinski definition) is 3. The van der Waals surface area contributed by atoms with Gasteiger partial charge in [0, 0.05) is 25.6 Å². The maximum Gasteiger partial charge on any atom is 0.191 e. The molecule has 0 heterocycles. The van der Waals surface area contributed by atoms with Gasteiger partial charge < -0.3 is 20.5 Å². The minimum Gasteiger partial charge on any atom is -0.496 e. The van der Waals surface area contributed by atoms with Crippen molar-refractivity contribution < 1.29 is 9.84 Å². The number of benzene rings is 2. The summed E-state index contributed by atoms with van der Waals surface area (Å²) in [7, 11) is 1.69. The molecule has 2 aromatic rings. The average molecular weight is 370 g/mol.